The lowest BCUT2D eigenvalue weighted by Gasteiger charge is -2.18. The van der Waals surface area contributed by atoms with Gasteiger partial charge < -0.3 is 10.7 Å². The topological polar surface area (TPSA) is 75.4 Å². The summed E-state index contributed by atoms with van der Waals surface area (Å²) < 4.78 is 23.4. The Kier molecular flexibility index (Phi) is 2.53. The van der Waals surface area contributed by atoms with Gasteiger partial charge in [-0.05, 0) is 13.8 Å². The standard InChI is InChI=1S/C7H15N3O2S/c1-5(2)13(11,12)7-6(8)4-10(3)9-7/h4-5,7,9H,8H2,1-3H3. The number of nitrogens with one attached hydrogen (secondary N) is 1. The predicted octanol–water partition coefficient (Wildman–Crippen LogP) is -0.614. The summed E-state index contributed by atoms with van der Waals surface area (Å²) >= 11 is 0. The Morgan fingerprint density at radius 3 is 2.46 bits per heavy atom. The van der Waals surface area contributed by atoms with Gasteiger partial charge in [-0.15, -0.1) is 0 Å². The van der Waals surface area contributed by atoms with Crippen LogP contribution in [0.1, 0.15) is 13.8 Å². The Balaban J connectivity index is 2.94. The van der Waals surface area contributed by atoms with Gasteiger partial charge in [0, 0.05) is 13.2 Å². The molecule has 0 saturated heterocycles. The first-order valence-corrected chi connectivity index (χ1v) is 5.65. The maximum absolute atomic E-state index is 11.7. The minimum Gasteiger partial charge on any atom is -0.399 e. The molecule has 0 aromatic heterocycles. The van der Waals surface area contributed by atoms with Crippen LogP contribution < -0.4 is 11.2 Å². The van der Waals surface area contributed by atoms with Crippen LogP contribution in [0.15, 0.2) is 11.9 Å². The van der Waals surface area contributed by atoms with E-state index in [2.05, 4.69) is 5.43 Å². The van der Waals surface area contributed by atoms with E-state index in [0.717, 1.165) is 0 Å². The van der Waals surface area contributed by atoms with Gasteiger partial charge >= 0.3 is 0 Å². The minimum atomic E-state index is -3.20. The Morgan fingerprint density at radius 2 is 2.15 bits per heavy atom. The Bertz CT molecular complexity index is 321. The van der Waals surface area contributed by atoms with Gasteiger partial charge in [0.1, 0.15) is 0 Å². The van der Waals surface area contributed by atoms with Gasteiger partial charge in [-0.1, -0.05) is 0 Å². The summed E-state index contributed by atoms with van der Waals surface area (Å²) in [6.45, 7) is 3.28. The summed E-state index contributed by atoms with van der Waals surface area (Å²) in [5, 5.41) is 0.362. The third kappa shape index (κ3) is 1.78. The highest BCUT2D eigenvalue weighted by molar-refractivity contribution is 7.92. The van der Waals surface area contributed by atoms with Gasteiger partial charge in [-0.25, -0.2) is 13.8 Å². The molecule has 1 aliphatic heterocycles. The number of nitrogens with zero attached hydrogens (tertiary/aromatic N) is 1. The molecule has 0 amide bonds. The third-order valence-corrected chi connectivity index (χ3v) is 4.30. The van der Waals surface area contributed by atoms with E-state index in [4.69, 9.17) is 5.73 Å². The number of sulfone groups is 1. The van der Waals surface area contributed by atoms with Crippen LogP contribution in [-0.2, 0) is 9.84 Å². The number of hydrogen-bond donors (Lipinski definition) is 2. The fourth-order valence-corrected chi connectivity index (χ4v) is 2.42. The first kappa shape index (κ1) is 10.3. The molecule has 0 spiro atoms. The van der Waals surface area contributed by atoms with E-state index in [-0.39, 0.29) is 0 Å². The molecule has 1 aliphatic rings. The summed E-state index contributed by atoms with van der Waals surface area (Å²) in [6, 6.07) is 0. The second kappa shape index (κ2) is 3.19. The van der Waals surface area contributed by atoms with Crippen molar-refractivity contribution in [3.05, 3.63) is 11.9 Å². The van der Waals surface area contributed by atoms with Crippen molar-refractivity contribution in [3.63, 3.8) is 0 Å². The zero-order valence-corrected chi connectivity index (χ0v) is 8.80. The summed E-state index contributed by atoms with van der Waals surface area (Å²) in [5.74, 6) is 0. The van der Waals surface area contributed by atoms with Crippen molar-refractivity contribution >= 4 is 9.84 Å². The molecule has 1 rings (SSSR count). The summed E-state index contributed by atoms with van der Waals surface area (Å²) in [6.07, 6.45) is 1.57. The van der Waals surface area contributed by atoms with Crippen LogP contribution in [0.5, 0.6) is 0 Å². The largest absolute Gasteiger partial charge is 0.399 e. The molecular weight excluding hydrogens is 190 g/mol. The van der Waals surface area contributed by atoms with Crippen LogP contribution >= 0.6 is 0 Å². The van der Waals surface area contributed by atoms with Gasteiger partial charge in [0.15, 0.2) is 15.2 Å². The first-order chi connectivity index (χ1) is 5.85. The molecule has 76 valence electrons. The van der Waals surface area contributed by atoms with Crippen LogP contribution in [-0.4, -0.2) is 31.1 Å². The molecule has 1 unspecified atom stereocenters. The molecule has 0 bridgehead atoms. The molecule has 0 saturated carbocycles. The quantitative estimate of drug-likeness (QED) is 0.629. The summed E-state index contributed by atoms with van der Waals surface area (Å²) in [7, 11) is -1.49. The monoisotopic (exact) mass is 205 g/mol. The van der Waals surface area contributed by atoms with Crippen molar-refractivity contribution in [1.82, 2.24) is 10.4 Å². The van der Waals surface area contributed by atoms with E-state index < -0.39 is 20.5 Å². The van der Waals surface area contributed by atoms with Crippen molar-refractivity contribution in [3.8, 4) is 0 Å². The second-order valence-corrected chi connectivity index (χ2v) is 5.98. The van der Waals surface area contributed by atoms with Crippen LogP contribution in [0.4, 0.5) is 0 Å². The normalized spacial score (nSPS) is 23.8. The lowest BCUT2D eigenvalue weighted by molar-refractivity contribution is 0.355. The fourth-order valence-electron chi connectivity index (χ4n) is 1.12. The molecule has 3 N–H and O–H groups in total. The molecule has 1 heterocycles. The van der Waals surface area contributed by atoms with Crippen molar-refractivity contribution in [2.45, 2.75) is 24.5 Å². The molecule has 13 heavy (non-hydrogen) atoms. The molecule has 1 atom stereocenters. The molecule has 5 nitrogen and oxygen atoms in total. The number of hydrazine groups is 1. The van der Waals surface area contributed by atoms with Crippen molar-refractivity contribution in [2.24, 2.45) is 5.73 Å². The third-order valence-electron chi connectivity index (χ3n) is 1.95. The zero-order chi connectivity index (χ0) is 10.2. The summed E-state index contributed by atoms with van der Waals surface area (Å²) in [5.41, 5.74) is 8.67. The average Bonchev–Trinajstić information content (AvgIpc) is 2.30. The van der Waals surface area contributed by atoms with E-state index in [0.29, 0.717) is 5.70 Å². The maximum atomic E-state index is 11.7. The molecular formula is C7H15N3O2S. The van der Waals surface area contributed by atoms with Gasteiger partial charge in [-0.3, -0.25) is 0 Å². The highest BCUT2D eigenvalue weighted by atomic mass is 32.2. The molecule has 6 heteroatoms. The van der Waals surface area contributed by atoms with Crippen LogP contribution in [0.2, 0.25) is 0 Å². The number of nitrogens with two attached hydrogens (primary N) is 1. The Hall–Kier alpha value is -0.750. The Morgan fingerprint density at radius 1 is 1.62 bits per heavy atom. The molecule has 0 fully saturated rings. The van der Waals surface area contributed by atoms with E-state index in [1.165, 1.54) is 0 Å². The van der Waals surface area contributed by atoms with Crippen molar-refractivity contribution in [2.75, 3.05) is 7.05 Å². The first-order valence-electron chi connectivity index (χ1n) is 4.04. The predicted molar refractivity (Wildman–Crippen MR) is 51.0 cm³/mol. The zero-order valence-electron chi connectivity index (χ0n) is 7.98. The highest BCUT2D eigenvalue weighted by Crippen LogP contribution is 2.16. The van der Waals surface area contributed by atoms with Gasteiger partial charge in [-0.2, -0.15) is 0 Å². The van der Waals surface area contributed by atoms with Crippen LogP contribution in [0, 0.1) is 0 Å². The van der Waals surface area contributed by atoms with Crippen LogP contribution in [0.25, 0.3) is 0 Å². The van der Waals surface area contributed by atoms with Crippen LogP contribution in [0.3, 0.4) is 0 Å². The van der Waals surface area contributed by atoms with E-state index in [1.807, 2.05) is 0 Å². The number of rotatable bonds is 2. The molecule has 0 radical (unpaired) electrons. The Labute approximate surface area is 78.5 Å². The fraction of sp³-hybridized carbons (Fsp3) is 0.714. The van der Waals surface area contributed by atoms with Crippen molar-refractivity contribution < 1.29 is 8.42 Å². The molecule has 0 aromatic carbocycles. The lowest BCUT2D eigenvalue weighted by atomic mass is 10.5. The summed E-state index contributed by atoms with van der Waals surface area (Å²) in [4.78, 5) is 0. The van der Waals surface area contributed by atoms with Gasteiger partial charge in [0.05, 0.1) is 10.9 Å². The highest BCUT2D eigenvalue weighted by Gasteiger charge is 2.34. The van der Waals surface area contributed by atoms with Gasteiger partial charge in [0.2, 0.25) is 0 Å². The number of hydrogen-bond acceptors (Lipinski definition) is 5. The smallest absolute Gasteiger partial charge is 0.175 e. The molecule has 0 aromatic rings. The lowest BCUT2D eigenvalue weighted by Crippen LogP contribution is -2.43. The second-order valence-electron chi connectivity index (χ2n) is 3.39. The maximum Gasteiger partial charge on any atom is 0.175 e. The minimum absolute atomic E-state index is 0.344. The van der Waals surface area contributed by atoms with Gasteiger partial charge in [0.25, 0.3) is 0 Å². The SMILES string of the molecule is CC(C)S(=O)(=O)C1NN(C)C=C1N. The van der Waals surface area contributed by atoms with E-state index >= 15 is 0 Å². The molecule has 0 aliphatic carbocycles. The van der Waals surface area contributed by atoms with Crippen molar-refractivity contribution in [1.29, 1.82) is 0 Å². The average molecular weight is 205 g/mol. The van der Waals surface area contributed by atoms with E-state index in [9.17, 15) is 8.42 Å². The van der Waals surface area contributed by atoms with E-state index in [1.54, 1.807) is 32.1 Å².